The number of aromatic nitrogens is 1. The molecule has 0 aliphatic rings. The van der Waals surface area contributed by atoms with Crippen LogP contribution in [0.3, 0.4) is 0 Å². The summed E-state index contributed by atoms with van der Waals surface area (Å²) in [5.74, 6) is 0.377. The minimum Gasteiger partial charge on any atom is -0.436 e. The van der Waals surface area contributed by atoms with Crippen LogP contribution in [-0.2, 0) is 0 Å². The molecule has 0 spiro atoms. The van der Waals surface area contributed by atoms with Gasteiger partial charge in [-0.25, -0.2) is 4.98 Å². The third-order valence-corrected chi connectivity index (χ3v) is 3.25. The third-order valence-electron chi connectivity index (χ3n) is 2.69. The topological polar surface area (TPSA) is 91.3 Å². The highest BCUT2D eigenvalue weighted by atomic mass is 35.5. The summed E-state index contributed by atoms with van der Waals surface area (Å²) >= 11 is 11.9. The van der Waals surface area contributed by atoms with E-state index in [-0.39, 0.29) is 33.4 Å². The number of hydrogen-bond donors (Lipinski definition) is 1. The molecule has 0 radical (unpaired) electrons. The quantitative estimate of drug-likeness (QED) is 0.673. The maximum atomic E-state index is 10.7. The van der Waals surface area contributed by atoms with Crippen molar-refractivity contribution in [1.29, 1.82) is 0 Å². The number of nitrogens with zero attached hydrogens (tertiary/aromatic N) is 2. The van der Waals surface area contributed by atoms with Crippen molar-refractivity contribution in [2.24, 2.45) is 5.73 Å². The predicted octanol–water partition coefficient (Wildman–Crippen LogP) is 4.11. The van der Waals surface area contributed by atoms with Gasteiger partial charge in [0.1, 0.15) is 0 Å². The van der Waals surface area contributed by atoms with Crippen LogP contribution in [0.15, 0.2) is 30.5 Å². The molecule has 1 unspecified atom stereocenters. The van der Waals surface area contributed by atoms with Gasteiger partial charge in [0.25, 0.3) is 5.69 Å². The Balaban J connectivity index is 2.29. The van der Waals surface area contributed by atoms with Crippen LogP contribution < -0.4 is 10.5 Å². The SMILES string of the molecule is CC(N)c1ccc(Oc2c(Cl)cc([N+](=O)[O-])cc2Cl)nc1. The second kappa shape index (κ2) is 6.26. The molecule has 0 fully saturated rings. The summed E-state index contributed by atoms with van der Waals surface area (Å²) in [6, 6.07) is 5.57. The lowest BCUT2D eigenvalue weighted by Gasteiger charge is -2.10. The molecule has 0 saturated heterocycles. The minimum absolute atomic E-state index is 0.0345. The molecule has 2 N–H and O–H groups in total. The number of nitrogens with two attached hydrogens (primary N) is 1. The summed E-state index contributed by atoms with van der Waals surface area (Å²) in [7, 11) is 0. The van der Waals surface area contributed by atoms with Crippen LogP contribution in [0, 0.1) is 10.1 Å². The van der Waals surface area contributed by atoms with Crippen molar-refractivity contribution in [1.82, 2.24) is 4.98 Å². The predicted molar refractivity (Wildman–Crippen MR) is 80.0 cm³/mol. The summed E-state index contributed by atoms with van der Waals surface area (Å²) in [4.78, 5) is 14.2. The monoisotopic (exact) mass is 327 g/mol. The summed E-state index contributed by atoms with van der Waals surface area (Å²) in [5.41, 5.74) is 6.36. The summed E-state index contributed by atoms with van der Waals surface area (Å²) in [6.07, 6.45) is 1.58. The number of nitro benzene ring substituents is 1. The Bertz CT molecular complexity index is 652. The Morgan fingerprint density at radius 3 is 2.38 bits per heavy atom. The standard InChI is InChI=1S/C13H11Cl2N3O3/c1-7(16)8-2-3-12(17-6-8)21-13-10(14)4-9(18(19)20)5-11(13)15/h2-7H,16H2,1H3. The molecule has 0 aliphatic carbocycles. The molecule has 21 heavy (non-hydrogen) atoms. The van der Waals surface area contributed by atoms with Crippen molar-refractivity contribution in [2.75, 3.05) is 0 Å². The number of pyridine rings is 1. The average molecular weight is 328 g/mol. The maximum Gasteiger partial charge on any atom is 0.272 e. The van der Waals surface area contributed by atoms with Crippen LogP contribution in [0.1, 0.15) is 18.5 Å². The van der Waals surface area contributed by atoms with E-state index in [1.54, 1.807) is 18.3 Å². The lowest BCUT2D eigenvalue weighted by molar-refractivity contribution is -0.384. The first-order chi connectivity index (χ1) is 9.88. The van der Waals surface area contributed by atoms with E-state index in [0.29, 0.717) is 0 Å². The van der Waals surface area contributed by atoms with E-state index >= 15 is 0 Å². The van der Waals surface area contributed by atoms with Crippen molar-refractivity contribution in [3.63, 3.8) is 0 Å². The van der Waals surface area contributed by atoms with Gasteiger partial charge in [0.15, 0.2) is 5.75 Å². The van der Waals surface area contributed by atoms with Gasteiger partial charge in [-0.1, -0.05) is 29.3 Å². The van der Waals surface area contributed by atoms with Gasteiger partial charge in [-0.05, 0) is 12.5 Å². The number of hydrogen-bond acceptors (Lipinski definition) is 5. The molecule has 110 valence electrons. The Morgan fingerprint density at radius 1 is 1.33 bits per heavy atom. The number of ether oxygens (including phenoxy) is 1. The number of benzene rings is 1. The van der Waals surface area contributed by atoms with Crippen molar-refractivity contribution < 1.29 is 9.66 Å². The molecule has 0 bridgehead atoms. The molecule has 8 heteroatoms. The van der Waals surface area contributed by atoms with E-state index < -0.39 is 4.92 Å². The zero-order valence-corrected chi connectivity index (χ0v) is 12.4. The lowest BCUT2D eigenvalue weighted by Crippen LogP contribution is -2.05. The largest absolute Gasteiger partial charge is 0.436 e. The van der Waals surface area contributed by atoms with E-state index in [9.17, 15) is 10.1 Å². The van der Waals surface area contributed by atoms with Gasteiger partial charge in [-0.2, -0.15) is 0 Å². The average Bonchev–Trinajstić information content (AvgIpc) is 2.43. The second-order valence-electron chi connectivity index (χ2n) is 4.32. The van der Waals surface area contributed by atoms with Gasteiger partial charge >= 0.3 is 0 Å². The van der Waals surface area contributed by atoms with E-state index in [0.717, 1.165) is 5.56 Å². The lowest BCUT2D eigenvalue weighted by atomic mass is 10.2. The summed E-state index contributed by atoms with van der Waals surface area (Å²) < 4.78 is 5.47. The first-order valence-electron chi connectivity index (χ1n) is 5.91. The zero-order chi connectivity index (χ0) is 15.6. The molecular formula is C13H11Cl2N3O3. The van der Waals surface area contributed by atoms with Crippen LogP contribution in [0.2, 0.25) is 10.0 Å². The van der Waals surface area contributed by atoms with Gasteiger partial charge in [0.05, 0.1) is 15.0 Å². The number of non-ortho nitro benzene ring substituents is 1. The van der Waals surface area contributed by atoms with Crippen molar-refractivity contribution in [3.8, 4) is 11.6 Å². The zero-order valence-electron chi connectivity index (χ0n) is 10.9. The van der Waals surface area contributed by atoms with Crippen LogP contribution >= 0.6 is 23.2 Å². The Morgan fingerprint density at radius 2 is 1.95 bits per heavy atom. The van der Waals surface area contributed by atoms with Crippen molar-refractivity contribution >= 4 is 28.9 Å². The van der Waals surface area contributed by atoms with Gasteiger partial charge in [-0.3, -0.25) is 10.1 Å². The Hall–Kier alpha value is -1.89. The van der Waals surface area contributed by atoms with Gasteiger partial charge in [0, 0.05) is 30.4 Å². The van der Waals surface area contributed by atoms with Gasteiger partial charge < -0.3 is 10.5 Å². The van der Waals surface area contributed by atoms with Crippen LogP contribution in [0.4, 0.5) is 5.69 Å². The van der Waals surface area contributed by atoms with E-state index in [2.05, 4.69) is 4.98 Å². The highest BCUT2D eigenvalue weighted by molar-refractivity contribution is 6.37. The number of nitro groups is 1. The maximum absolute atomic E-state index is 10.7. The van der Waals surface area contributed by atoms with Crippen LogP contribution in [-0.4, -0.2) is 9.91 Å². The van der Waals surface area contributed by atoms with Crippen molar-refractivity contribution in [2.45, 2.75) is 13.0 Å². The summed E-state index contributed by atoms with van der Waals surface area (Å²) in [5, 5.41) is 10.8. The molecule has 1 aromatic carbocycles. The molecule has 1 atom stereocenters. The summed E-state index contributed by atoms with van der Waals surface area (Å²) in [6.45, 7) is 1.83. The van der Waals surface area contributed by atoms with E-state index in [4.69, 9.17) is 33.7 Å². The second-order valence-corrected chi connectivity index (χ2v) is 5.13. The van der Waals surface area contributed by atoms with Gasteiger partial charge in [0.2, 0.25) is 5.88 Å². The fourth-order valence-corrected chi connectivity index (χ4v) is 2.13. The Kier molecular flexibility index (Phi) is 4.62. The first kappa shape index (κ1) is 15.5. The highest BCUT2D eigenvalue weighted by Crippen LogP contribution is 2.38. The van der Waals surface area contributed by atoms with E-state index in [1.807, 2.05) is 6.92 Å². The van der Waals surface area contributed by atoms with E-state index in [1.165, 1.54) is 12.1 Å². The fraction of sp³-hybridized carbons (Fsp3) is 0.154. The Labute approximate surface area is 130 Å². The van der Waals surface area contributed by atoms with Crippen LogP contribution in [0.25, 0.3) is 0 Å². The fourth-order valence-electron chi connectivity index (χ4n) is 1.58. The molecule has 0 amide bonds. The van der Waals surface area contributed by atoms with Crippen LogP contribution in [0.5, 0.6) is 11.6 Å². The normalized spacial score (nSPS) is 12.0. The minimum atomic E-state index is -0.586. The smallest absolute Gasteiger partial charge is 0.272 e. The molecular weight excluding hydrogens is 317 g/mol. The molecule has 2 aromatic rings. The van der Waals surface area contributed by atoms with Crippen molar-refractivity contribution in [3.05, 3.63) is 56.2 Å². The molecule has 1 heterocycles. The molecule has 2 rings (SSSR count). The van der Waals surface area contributed by atoms with Gasteiger partial charge in [-0.15, -0.1) is 0 Å². The highest BCUT2D eigenvalue weighted by Gasteiger charge is 2.16. The molecule has 1 aromatic heterocycles. The molecule has 0 aliphatic heterocycles. The molecule has 6 nitrogen and oxygen atoms in total. The first-order valence-corrected chi connectivity index (χ1v) is 6.67. The number of rotatable bonds is 4. The number of halogens is 2. The third kappa shape index (κ3) is 3.60. The molecule has 0 saturated carbocycles.